The molecular formula is C18H14N2O3. The molecule has 0 atom stereocenters. The lowest BCUT2D eigenvalue weighted by molar-refractivity contribution is -0.135. The number of nitrogens with zero attached hydrogens (tertiary/aromatic N) is 2. The molecule has 5 heteroatoms. The van der Waals surface area contributed by atoms with Gasteiger partial charge >= 0.3 is 5.97 Å². The molecule has 0 radical (unpaired) electrons. The smallest absolute Gasteiger partial charge is 0.334 e. The Balaban J connectivity index is 2.05. The Morgan fingerprint density at radius 3 is 2.35 bits per heavy atom. The maximum atomic E-state index is 11.5. The number of pyridine rings is 2. The maximum Gasteiger partial charge on any atom is 0.334 e. The van der Waals surface area contributed by atoms with Crippen molar-refractivity contribution in [3.05, 3.63) is 84.2 Å². The van der Waals surface area contributed by atoms with Crippen molar-refractivity contribution in [2.75, 3.05) is 7.11 Å². The highest BCUT2D eigenvalue weighted by Crippen LogP contribution is 2.29. The molecule has 1 aliphatic heterocycles. The minimum Gasteiger partial charge on any atom is -0.466 e. The highest BCUT2D eigenvalue weighted by Gasteiger charge is 2.16. The predicted molar refractivity (Wildman–Crippen MR) is 85.6 cm³/mol. The number of ether oxygens (including phenoxy) is 2. The van der Waals surface area contributed by atoms with Gasteiger partial charge < -0.3 is 9.47 Å². The van der Waals surface area contributed by atoms with E-state index in [1.807, 2.05) is 42.5 Å². The van der Waals surface area contributed by atoms with E-state index in [1.54, 1.807) is 18.5 Å². The van der Waals surface area contributed by atoms with E-state index in [9.17, 15) is 4.79 Å². The quantitative estimate of drug-likeness (QED) is 0.644. The van der Waals surface area contributed by atoms with Gasteiger partial charge in [0.2, 0.25) is 0 Å². The van der Waals surface area contributed by atoms with Crippen LogP contribution < -0.4 is 0 Å². The first-order valence-corrected chi connectivity index (χ1v) is 7.00. The number of allylic oxidation sites excluding steroid dienone is 3. The van der Waals surface area contributed by atoms with Crippen molar-refractivity contribution < 1.29 is 14.3 Å². The third-order valence-electron chi connectivity index (χ3n) is 3.15. The topological polar surface area (TPSA) is 61.3 Å². The first-order valence-electron chi connectivity index (χ1n) is 7.00. The Labute approximate surface area is 133 Å². The number of aromatic nitrogens is 2. The Bertz CT molecular complexity index is 794. The number of hydrogen-bond donors (Lipinski definition) is 0. The largest absolute Gasteiger partial charge is 0.466 e. The van der Waals surface area contributed by atoms with Gasteiger partial charge in [0.1, 0.15) is 11.5 Å². The number of hydrogen-bond acceptors (Lipinski definition) is 5. The minimum atomic E-state index is -0.487. The van der Waals surface area contributed by atoms with Crippen molar-refractivity contribution in [1.29, 1.82) is 0 Å². The molecule has 2 aromatic rings. The summed E-state index contributed by atoms with van der Waals surface area (Å²) in [5.41, 5.74) is 2.28. The summed E-state index contributed by atoms with van der Waals surface area (Å²) < 4.78 is 10.4. The number of carbonyl (C=O) groups is 1. The van der Waals surface area contributed by atoms with Crippen molar-refractivity contribution in [2.24, 2.45) is 0 Å². The zero-order valence-electron chi connectivity index (χ0n) is 12.5. The Kier molecular flexibility index (Phi) is 4.29. The van der Waals surface area contributed by atoms with Crippen molar-refractivity contribution >= 4 is 17.3 Å². The van der Waals surface area contributed by atoms with Crippen molar-refractivity contribution in [3.63, 3.8) is 0 Å². The molecule has 0 spiro atoms. The Morgan fingerprint density at radius 1 is 1.04 bits per heavy atom. The van der Waals surface area contributed by atoms with E-state index in [0.29, 0.717) is 17.2 Å². The third-order valence-corrected chi connectivity index (χ3v) is 3.15. The molecule has 3 heterocycles. The highest BCUT2D eigenvalue weighted by atomic mass is 16.5. The average Bonchev–Trinajstić information content (AvgIpc) is 2.63. The van der Waals surface area contributed by atoms with Gasteiger partial charge in [-0.2, -0.15) is 0 Å². The molecule has 5 nitrogen and oxygen atoms in total. The molecule has 0 bridgehead atoms. The van der Waals surface area contributed by atoms with Gasteiger partial charge in [0, 0.05) is 18.0 Å². The number of methoxy groups -OCH3 is 1. The molecule has 0 aliphatic carbocycles. The van der Waals surface area contributed by atoms with Gasteiger partial charge in [-0.25, -0.2) is 4.79 Å². The first kappa shape index (κ1) is 14.7. The van der Waals surface area contributed by atoms with Gasteiger partial charge in [-0.3, -0.25) is 9.97 Å². The normalized spacial score (nSPS) is 15.4. The number of rotatable bonds is 3. The minimum absolute atomic E-state index is 0.376. The molecule has 1 aliphatic rings. The van der Waals surface area contributed by atoms with Gasteiger partial charge in [0.05, 0.1) is 18.9 Å². The van der Waals surface area contributed by atoms with Gasteiger partial charge in [-0.1, -0.05) is 12.1 Å². The van der Waals surface area contributed by atoms with Crippen LogP contribution in [0.4, 0.5) is 0 Å². The second kappa shape index (κ2) is 6.70. The summed E-state index contributed by atoms with van der Waals surface area (Å²) in [6.45, 7) is 0. The van der Waals surface area contributed by atoms with Crippen LogP contribution in [0.2, 0.25) is 0 Å². The van der Waals surface area contributed by atoms with Crippen LogP contribution in [0.3, 0.4) is 0 Å². The molecule has 0 saturated heterocycles. The van der Waals surface area contributed by atoms with Gasteiger partial charge in [0.15, 0.2) is 5.76 Å². The zero-order chi connectivity index (χ0) is 16.1. The molecular weight excluding hydrogens is 292 g/mol. The van der Waals surface area contributed by atoms with Crippen LogP contribution in [0.25, 0.3) is 11.3 Å². The van der Waals surface area contributed by atoms with Crippen LogP contribution in [0, 0.1) is 0 Å². The second-order valence-corrected chi connectivity index (χ2v) is 4.71. The Morgan fingerprint density at radius 2 is 1.74 bits per heavy atom. The SMILES string of the molecule is COC(=O)/C=C1\C=C(c2ccccn2)C=C(c2ccccn2)O1. The summed E-state index contributed by atoms with van der Waals surface area (Å²) in [5.74, 6) is 0.434. The number of carbonyl (C=O) groups excluding carboxylic acids is 1. The Hall–Kier alpha value is -3.21. The van der Waals surface area contributed by atoms with Gasteiger partial charge in [0.25, 0.3) is 0 Å². The van der Waals surface area contributed by atoms with Gasteiger partial charge in [-0.15, -0.1) is 0 Å². The fourth-order valence-electron chi connectivity index (χ4n) is 2.08. The highest BCUT2D eigenvalue weighted by molar-refractivity contribution is 5.87. The number of esters is 1. The summed E-state index contributed by atoms with van der Waals surface area (Å²) >= 11 is 0. The van der Waals surface area contributed by atoms with Crippen LogP contribution in [-0.4, -0.2) is 23.0 Å². The lowest BCUT2D eigenvalue weighted by Gasteiger charge is -2.17. The van der Waals surface area contributed by atoms with E-state index in [1.165, 1.54) is 13.2 Å². The zero-order valence-corrected chi connectivity index (χ0v) is 12.5. The van der Waals surface area contributed by atoms with Crippen LogP contribution in [0.5, 0.6) is 0 Å². The van der Waals surface area contributed by atoms with Crippen LogP contribution >= 0.6 is 0 Å². The lowest BCUT2D eigenvalue weighted by atomic mass is 10.1. The first-order chi connectivity index (χ1) is 11.3. The molecule has 0 aromatic carbocycles. The van der Waals surface area contributed by atoms with E-state index in [2.05, 4.69) is 14.7 Å². The monoisotopic (exact) mass is 306 g/mol. The fraction of sp³-hybridized carbons (Fsp3) is 0.0556. The average molecular weight is 306 g/mol. The molecule has 23 heavy (non-hydrogen) atoms. The fourth-order valence-corrected chi connectivity index (χ4v) is 2.08. The lowest BCUT2D eigenvalue weighted by Crippen LogP contribution is -2.04. The molecule has 2 aromatic heterocycles. The summed E-state index contributed by atoms with van der Waals surface area (Å²) in [5, 5.41) is 0. The van der Waals surface area contributed by atoms with E-state index in [-0.39, 0.29) is 0 Å². The molecule has 0 fully saturated rings. The molecule has 0 unspecified atom stereocenters. The molecule has 114 valence electrons. The van der Waals surface area contributed by atoms with E-state index in [4.69, 9.17) is 4.74 Å². The molecule has 0 amide bonds. The molecule has 3 rings (SSSR count). The standard InChI is InChI=1S/C18H14N2O3/c1-22-18(21)12-14-10-13(15-6-2-4-8-19-15)11-17(23-14)16-7-3-5-9-20-16/h2-12H,1H3/b14-12+. The van der Waals surface area contributed by atoms with E-state index >= 15 is 0 Å². The van der Waals surface area contributed by atoms with Crippen molar-refractivity contribution in [3.8, 4) is 0 Å². The maximum absolute atomic E-state index is 11.5. The summed E-state index contributed by atoms with van der Waals surface area (Å²) in [6, 6.07) is 11.2. The predicted octanol–water partition coefficient (Wildman–Crippen LogP) is 2.99. The second-order valence-electron chi connectivity index (χ2n) is 4.71. The van der Waals surface area contributed by atoms with Crippen LogP contribution in [-0.2, 0) is 14.3 Å². The van der Waals surface area contributed by atoms with Gasteiger partial charge in [-0.05, 0) is 36.4 Å². The van der Waals surface area contributed by atoms with Crippen molar-refractivity contribution in [1.82, 2.24) is 9.97 Å². The van der Waals surface area contributed by atoms with E-state index < -0.39 is 5.97 Å². The van der Waals surface area contributed by atoms with Crippen LogP contribution in [0.1, 0.15) is 11.4 Å². The van der Waals surface area contributed by atoms with E-state index in [0.717, 1.165) is 11.3 Å². The third kappa shape index (κ3) is 3.52. The van der Waals surface area contributed by atoms with Crippen molar-refractivity contribution in [2.45, 2.75) is 0 Å². The molecule has 0 N–H and O–H groups in total. The molecule has 0 saturated carbocycles. The summed E-state index contributed by atoms with van der Waals surface area (Å²) in [4.78, 5) is 20.1. The summed E-state index contributed by atoms with van der Waals surface area (Å²) in [7, 11) is 1.32. The van der Waals surface area contributed by atoms with Crippen LogP contribution in [0.15, 0.2) is 72.8 Å². The summed E-state index contributed by atoms with van der Waals surface area (Å²) in [6.07, 6.45) is 8.27.